The number of amides is 4. The molecule has 136 valence electrons. The van der Waals surface area contributed by atoms with E-state index >= 15 is 0 Å². The van der Waals surface area contributed by atoms with Crippen LogP contribution in [0.15, 0.2) is 48.5 Å². The minimum absolute atomic E-state index is 0.0752. The molecule has 0 aliphatic heterocycles. The summed E-state index contributed by atoms with van der Waals surface area (Å²) >= 11 is 0. The maximum Gasteiger partial charge on any atom is 0.325 e. The highest BCUT2D eigenvalue weighted by atomic mass is 16.2. The number of nitrogens with one attached hydrogen (secondary N) is 4. The van der Waals surface area contributed by atoms with E-state index < -0.39 is 11.9 Å². The monoisotopic (exact) mass is 354 g/mol. The second kappa shape index (κ2) is 9.22. The number of imide groups is 1. The lowest BCUT2D eigenvalue weighted by Crippen LogP contribution is -2.38. The predicted octanol–water partition coefficient (Wildman–Crippen LogP) is 3.10. The normalized spacial score (nSPS) is 9.92. The number of rotatable bonds is 6. The van der Waals surface area contributed by atoms with Gasteiger partial charge in [0.05, 0.1) is 6.54 Å². The van der Waals surface area contributed by atoms with Gasteiger partial charge in [-0.05, 0) is 36.8 Å². The number of carbonyl (C=O) groups is 3. The van der Waals surface area contributed by atoms with Gasteiger partial charge in [0.1, 0.15) is 0 Å². The van der Waals surface area contributed by atoms with Crippen molar-refractivity contribution in [3.8, 4) is 0 Å². The lowest BCUT2D eigenvalue weighted by molar-refractivity contribution is -0.118. The molecule has 2 aromatic rings. The van der Waals surface area contributed by atoms with Crippen molar-refractivity contribution in [1.82, 2.24) is 5.32 Å². The highest BCUT2D eigenvalue weighted by Gasteiger charge is 2.09. The summed E-state index contributed by atoms with van der Waals surface area (Å²) in [6.45, 7) is 3.58. The van der Waals surface area contributed by atoms with Gasteiger partial charge in [-0.1, -0.05) is 31.2 Å². The molecule has 0 saturated carbocycles. The molecule has 0 aromatic heterocycles. The third-order valence-electron chi connectivity index (χ3n) is 3.57. The Morgan fingerprint density at radius 1 is 0.885 bits per heavy atom. The van der Waals surface area contributed by atoms with Gasteiger partial charge in [0.15, 0.2) is 0 Å². The smallest absolute Gasteiger partial charge is 0.325 e. The second-order valence-corrected chi connectivity index (χ2v) is 5.65. The van der Waals surface area contributed by atoms with Crippen molar-refractivity contribution < 1.29 is 14.4 Å². The van der Waals surface area contributed by atoms with Crippen molar-refractivity contribution in [2.75, 3.05) is 22.5 Å². The fourth-order valence-corrected chi connectivity index (χ4v) is 2.17. The van der Waals surface area contributed by atoms with E-state index in [1.165, 1.54) is 0 Å². The van der Waals surface area contributed by atoms with E-state index in [0.717, 1.165) is 5.56 Å². The van der Waals surface area contributed by atoms with Crippen molar-refractivity contribution in [1.29, 1.82) is 0 Å². The Balaban J connectivity index is 1.87. The van der Waals surface area contributed by atoms with Crippen LogP contribution >= 0.6 is 0 Å². The Bertz CT molecular complexity index is 791. The van der Waals surface area contributed by atoms with Crippen LogP contribution in [0.25, 0.3) is 0 Å². The third kappa shape index (κ3) is 5.94. The minimum atomic E-state index is -0.594. The molecule has 0 unspecified atom stereocenters. The molecular weight excluding hydrogens is 332 g/mol. The number of anilines is 3. The SMILES string of the molecule is CCC(=O)Nc1ccc(C)c(NCC(=O)NC(=O)Nc2ccccc2)c1. The largest absolute Gasteiger partial charge is 0.376 e. The zero-order valence-corrected chi connectivity index (χ0v) is 14.8. The fraction of sp³-hybridized carbons (Fsp3) is 0.211. The number of para-hydroxylation sites is 1. The first-order valence-electron chi connectivity index (χ1n) is 8.28. The van der Waals surface area contributed by atoms with Crippen molar-refractivity contribution in [2.45, 2.75) is 20.3 Å². The maximum absolute atomic E-state index is 11.9. The molecular formula is C19H22N4O3. The molecule has 2 aromatic carbocycles. The Hall–Kier alpha value is -3.35. The molecule has 0 aliphatic rings. The zero-order chi connectivity index (χ0) is 18.9. The topological polar surface area (TPSA) is 99.3 Å². The summed E-state index contributed by atoms with van der Waals surface area (Å²) in [4.78, 5) is 35.2. The van der Waals surface area contributed by atoms with Crippen LogP contribution in [-0.2, 0) is 9.59 Å². The molecule has 26 heavy (non-hydrogen) atoms. The van der Waals surface area contributed by atoms with Gasteiger partial charge in [-0.15, -0.1) is 0 Å². The summed E-state index contributed by atoms with van der Waals surface area (Å²) in [7, 11) is 0. The number of hydrogen-bond acceptors (Lipinski definition) is 4. The highest BCUT2D eigenvalue weighted by molar-refractivity contribution is 6.02. The van der Waals surface area contributed by atoms with E-state index in [2.05, 4.69) is 21.3 Å². The molecule has 0 aliphatic carbocycles. The summed E-state index contributed by atoms with van der Waals surface area (Å²) in [6, 6.07) is 13.6. The summed E-state index contributed by atoms with van der Waals surface area (Å²) < 4.78 is 0. The number of aryl methyl sites for hydroxylation is 1. The van der Waals surface area contributed by atoms with Crippen LogP contribution in [-0.4, -0.2) is 24.4 Å². The molecule has 0 spiro atoms. The molecule has 0 atom stereocenters. The van der Waals surface area contributed by atoms with Gasteiger partial charge in [-0.2, -0.15) is 0 Å². The van der Waals surface area contributed by atoms with Crippen molar-refractivity contribution in [3.05, 3.63) is 54.1 Å². The Kier molecular flexibility index (Phi) is 6.73. The zero-order valence-electron chi connectivity index (χ0n) is 14.8. The van der Waals surface area contributed by atoms with E-state index in [1.807, 2.05) is 19.1 Å². The van der Waals surface area contributed by atoms with Crippen LogP contribution in [0.2, 0.25) is 0 Å². The van der Waals surface area contributed by atoms with Gasteiger partial charge in [-0.25, -0.2) is 4.79 Å². The lowest BCUT2D eigenvalue weighted by atomic mass is 10.1. The standard InChI is InChI=1S/C19H22N4O3/c1-3-17(24)21-15-10-9-13(2)16(11-15)20-12-18(25)23-19(26)22-14-7-5-4-6-8-14/h4-11,20H,3,12H2,1-2H3,(H,21,24)(H2,22,23,25,26). The molecule has 0 fully saturated rings. The molecule has 4 amide bonds. The molecule has 2 rings (SSSR count). The van der Waals surface area contributed by atoms with E-state index in [1.54, 1.807) is 43.3 Å². The second-order valence-electron chi connectivity index (χ2n) is 5.65. The van der Waals surface area contributed by atoms with Crippen LogP contribution in [0.1, 0.15) is 18.9 Å². The molecule has 4 N–H and O–H groups in total. The third-order valence-corrected chi connectivity index (χ3v) is 3.57. The Labute approximate surface area is 152 Å². The predicted molar refractivity (Wildman–Crippen MR) is 102 cm³/mol. The van der Waals surface area contributed by atoms with Gasteiger partial charge in [0.25, 0.3) is 0 Å². The Morgan fingerprint density at radius 2 is 1.62 bits per heavy atom. The van der Waals surface area contributed by atoms with Crippen LogP contribution in [0.5, 0.6) is 0 Å². The van der Waals surface area contributed by atoms with Crippen LogP contribution in [0.3, 0.4) is 0 Å². The molecule has 7 nitrogen and oxygen atoms in total. The first-order valence-corrected chi connectivity index (χ1v) is 8.28. The molecule has 0 radical (unpaired) electrons. The van der Waals surface area contributed by atoms with Gasteiger partial charge >= 0.3 is 6.03 Å². The molecule has 0 bridgehead atoms. The van der Waals surface area contributed by atoms with E-state index in [0.29, 0.717) is 23.5 Å². The van der Waals surface area contributed by atoms with Gasteiger partial charge in [0, 0.05) is 23.5 Å². The first kappa shape index (κ1) is 19.0. The lowest BCUT2D eigenvalue weighted by Gasteiger charge is -2.12. The summed E-state index contributed by atoms with van der Waals surface area (Å²) in [6.07, 6.45) is 0.384. The molecule has 7 heteroatoms. The van der Waals surface area contributed by atoms with Gasteiger partial charge in [0.2, 0.25) is 11.8 Å². The quantitative estimate of drug-likeness (QED) is 0.640. The number of hydrogen-bond donors (Lipinski definition) is 4. The Morgan fingerprint density at radius 3 is 2.31 bits per heavy atom. The average molecular weight is 354 g/mol. The minimum Gasteiger partial charge on any atom is -0.376 e. The van der Waals surface area contributed by atoms with Crippen LogP contribution in [0, 0.1) is 6.92 Å². The van der Waals surface area contributed by atoms with Crippen molar-refractivity contribution >= 4 is 34.9 Å². The van der Waals surface area contributed by atoms with Crippen LogP contribution < -0.4 is 21.3 Å². The van der Waals surface area contributed by atoms with E-state index in [-0.39, 0.29) is 12.5 Å². The molecule has 0 saturated heterocycles. The van der Waals surface area contributed by atoms with Crippen LogP contribution in [0.4, 0.5) is 21.9 Å². The number of benzene rings is 2. The van der Waals surface area contributed by atoms with E-state index in [9.17, 15) is 14.4 Å². The molecule has 0 heterocycles. The van der Waals surface area contributed by atoms with Crippen molar-refractivity contribution in [3.63, 3.8) is 0 Å². The first-order chi connectivity index (χ1) is 12.5. The summed E-state index contributed by atoms with van der Waals surface area (Å²) in [5.74, 6) is -0.559. The average Bonchev–Trinajstić information content (AvgIpc) is 2.62. The fourth-order valence-electron chi connectivity index (χ4n) is 2.17. The van der Waals surface area contributed by atoms with Gasteiger partial charge < -0.3 is 16.0 Å². The van der Waals surface area contributed by atoms with Gasteiger partial charge in [-0.3, -0.25) is 14.9 Å². The van der Waals surface area contributed by atoms with Crippen molar-refractivity contribution in [2.24, 2.45) is 0 Å². The highest BCUT2D eigenvalue weighted by Crippen LogP contribution is 2.20. The summed E-state index contributed by atoms with van der Waals surface area (Å²) in [5.41, 5.74) is 2.87. The van der Waals surface area contributed by atoms with E-state index in [4.69, 9.17) is 0 Å². The number of carbonyl (C=O) groups excluding carboxylic acids is 3. The summed E-state index contributed by atoms with van der Waals surface area (Å²) in [5, 5.41) is 10.6. The number of urea groups is 1. The maximum atomic E-state index is 11.9.